The zero-order valence-corrected chi connectivity index (χ0v) is 13.7. The number of methoxy groups -OCH3 is 2. The third-order valence-electron chi connectivity index (χ3n) is 3.66. The van der Waals surface area contributed by atoms with Crippen LogP contribution in [-0.2, 0) is 4.79 Å². The number of benzene rings is 1. The maximum absolute atomic E-state index is 12.4. The van der Waals surface area contributed by atoms with E-state index in [2.05, 4.69) is 6.92 Å². The number of carbonyl (C=O) groups is 1. The minimum absolute atomic E-state index is 0.0511. The second-order valence-electron chi connectivity index (χ2n) is 5.02. The Balaban J connectivity index is 2.21. The van der Waals surface area contributed by atoms with Crippen LogP contribution in [0.5, 0.6) is 11.5 Å². The van der Waals surface area contributed by atoms with E-state index in [-0.39, 0.29) is 11.3 Å². The molecule has 1 heterocycles. The Hall–Kier alpha value is -1.36. The lowest BCUT2D eigenvalue weighted by atomic mass is 10.1. The number of amides is 1. The molecule has 1 aliphatic rings. The quantitative estimate of drug-likeness (QED) is 0.806. The van der Waals surface area contributed by atoms with Gasteiger partial charge in [0.2, 0.25) is 5.91 Å². The predicted octanol–water partition coefficient (Wildman–Crippen LogP) is 3.47. The van der Waals surface area contributed by atoms with Crippen LogP contribution in [-0.4, -0.2) is 37.3 Å². The summed E-state index contributed by atoms with van der Waals surface area (Å²) in [5.41, 5.74) is 1.05. The molecule has 1 aromatic rings. The van der Waals surface area contributed by atoms with Crippen LogP contribution in [0.25, 0.3) is 0 Å². The van der Waals surface area contributed by atoms with Gasteiger partial charge in [-0.25, -0.2) is 0 Å². The van der Waals surface area contributed by atoms with Crippen molar-refractivity contribution < 1.29 is 14.3 Å². The molecule has 1 amide bonds. The first-order chi connectivity index (χ1) is 10.2. The average molecular weight is 309 g/mol. The number of unbranched alkanes of at least 4 members (excludes halogenated alkanes) is 1. The number of thioether (sulfide) groups is 1. The van der Waals surface area contributed by atoms with E-state index in [1.807, 2.05) is 23.1 Å². The minimum Gasteiger partial charge on any atom is -0.497 e. The molecule has 5 heteroatoms. The third-order valence-corrected chi connectivity index (χ3v) is 4.90. The van der Waals surface area contributed by atoms with E-state index < -0.39 is 0 Å². The van der Waals surface area contributed by atoms with Gasteiger partial charge < -0.3 is 14.4 Å². The Bertz CT molecular complexity index is 492. The summed E-state index contributed by atoms with van der Waals surface area (Å²) in [6.45, 7) is 2.92. The molecule has 0 N–H and O–H groups in total. The molecular formula is C16H23NO3S. The fourth-order valence-electron chi connectivity index (χ4n) is 2.48. The smallest absolute Gasteiger partial charge is 0.223 e. The van der Waals surface area contributed by atoms with E-state index in [0.717, 1.165) is 42.2 Å². The van der Waals surface area contributed by atoms with Crippen LogP contribution in [0.15, 0.2) is 18.2 Å². The second-order valence-corrected chi connectivity index (χ2v) is 6.21. The van der Waals surface area contributed by atoms with Crippen LogP contribution < -0.4 is 9.47 Å². The van der Waals surface area contributed by atoms with Crippen LogP contribution in [0.4, 0.5) is 0 Å². The van der Waals surface area contributed by atoms with Gasteiger partial charge in [0.15, 0.2) is 0 Å². The Morgan fingerprint density at radius 2 is 2.19 bits per heavy atom. The maximum atomic E-state index is 12.4. The summed E-state index contributed by atoms with van der Waals surface area (Å²) in [4.78, 5) is 14.3. The second kappa shape index (κ2) is 7.59. The molecule has 1 atom stereocenters. The highest BCUT2D eigenvalue weighted by atomic mass is 32.2. The van der Waals surface area contributed by atoms with Crippen molar-refractivity contribution in [1.82, 2.24) is 4.90 Å². The first-order valence-electron chi connectivity index (χ1n) is 7.34. The van der Waals surface area contributed by atoms with Gasteiger partial charge in [-0.2, -0.15) is 0 Å². The van der Waals surface area contributed by atoms with Gasteiger partial charge in [0.1, 0.15) is 16.9 Å². The first kappa shape index (κ1) is 16.0. The normalized spacial score (nSPS) is 17.9. The highest BCUT2D eigenvalue weighted by Gasteiger charge is 2.32. The average Bonchev–Trinajstić information content (AvgIpc) is 3.01. The summed E-state index contributed by atoms with van der Waals surface area (Å²) in [6, 6.07) is 5.80. The van der Waals surface area contributed by atoms with Crippen LogP contribution in [0.3, 0.4) is 0 Å². The summed E-state index contributed by atoms with van der Waals surface area (Å²) in [5.74, 6) is 2.76. The summed E-state index contributed by atoms with van der Waals surface area (Å²) >= 11 is 1.79. The largest absolute Gasteiger partial charge is 0.497 e. The molecule has 0 bridgehead atoms. The van der Waals surface area contributed by atoms with Gasteiger partial charge in [-0.05, 0) is 18.6 Å². The number of hydrogen-bond acceptors (Lipinski definition) is 4. The molecule has 0 spiro atoms. The topological polar surface area (TPSA) is 38.8 Å². The lowest BCUT2D eigenvalue weighted by Crippen LogP contribution is -2.30. The highest BCUT2D eigenvalue weighted by molar-refractivity contribution is 7.99. The van der Waals surface area contributed by atoms with Crippen LogP contribution in [0.1, 0.15) is 37.1 Å². The molecule has 1 aliphatic heterocycles. The molecule has 116 valence electrons. The maximum Gasteiger partial charge on any atom is 0.223 e. The van der Waals surface area contributed by atoms with Gasteiger partial charge >= 0.3 is 0 Å². The molecule has 1 aromatic carbocycles. The molecule has 2 rings (SSSR count). The highest BCUT2D eigenvalue weighted by Crippen LogP contribution is 2.43. The predicted molar refractivity (Wildman–Crippen MR) is 86.0 cm³/mol. The molecular weight excluding hydrogens is 286 g/mol. The Morgan fingerprint density at radius 3 is 2.86 bits per heavy atom. The standard InChI is InChI=1S/C16H23NO3S/c1-4-5-6-15(18)17-9-10-21-16(17)13-8-7-12(19-2)11-14(13)20-3/h7-8,11,16H,4-6,9-10H2,1-3H3. The first-order valence-corrected chi connectivity index (χ1v) is 8.39. The van der Waals surface area contributed by atoms with E-state index in [4.69, 9.17) is 9.47 Å². The molecule has 21 heavy (non-hydrogen) atoms. The Morgan fingerprint density at radius 1 is 1.38 bits per heavy atom. The van der Waals surface area contributed by atoms with Crippen molar-refractivity contribution >= 4 is 17.7 Å². The van der Waals surface area contributed by atoms with Crippen LogP contribution in [0, 0.1) is 0 Å². The molecule has 0 aliphatic carbocycles. The number of hydrogen-bond donors (Lipinski definition) is 0. The van der Waals surface area contributed by atoms with E-state index >= 15 is 0 Å². The molecule has 1 unspecified atom stereocenters. The lowest BCUT2D eigenvalue weighted by molar-refractivity contribution is -0.131. The van der Waals surface area contributed by atoms with Crippen molar-refractivity contribution in [2.75, 3.05) is 26.5 Å². The number of carbonyl (C=O) groups excluding carboxylic acids is 1. The molecule has 0 aromatic heterocycles. The Labute approximate surface area is 130 Å². The summed E-state index contributed by atoms with van der Waals surface area (Å²) in [7, 11) is 3.29. The zero-order chi connectivity index (χ0) is 15.2. The molecule has 0 radical (unpaired) electrons. The SMILES string of the molecule is CCCCC(=O)N1CCSC1c1ccc(OC)cc1OC. The zero-order valence-electron chi connectivity index (χ0n) is 12.9. The summed E-state index contributed by atoms with van der Waals surface area (Å²) < 4.78 is 10.7. The van der Waals surface area contributed by atoms with Crippen molar-refractivity contribution in [1.29, 1.82) is 0 Å². The molecule has 1 saturated heterocycles. The van der Waals surface area contributed by atoms with Crippen LogP contribution >= 0.6 is 11.8 Å². The molecule has 0 saturated carbocycles. The monoisotopic (exact) mass is 309 g/mol. The lowest BCUT2D eigenvalue weighted by Gasteiger charge is -2.25. The minimum atomic E-state index is 0.0511. The van der Waals surface area contributed by atoms with Gasteiger partial charge in [-0.1, -0.05) is 13.3 Å². The van der Waals surface area contributed by atoms with Crippen molar-refractivity contribution in [2.45, 2.75) is 31.6 Å². The van der Waals surface area contributed by atoms with Crippen molar-refractivity contribution in [3.05, 3.63) is 23.8 Å². The molecule has 4 nitrogen and oxygen atoms in total. The van der Waals surface area contributed by atoms with E-state index in [9.17, 15) is 4.79 Å². The van der Waals surface area contributed by atoms with Gasteiger partial charge in [-0.3, -0.25) is 4.79 Å². The van der Waals surface area contributed by atoms with Crippen molar-refractivity contribution in [3.8, 4) is 11.5 Å². The van der Waals surface area contributed by atoms with E-state index in [1.54, 1.807) is 26.0 Å². The van der Waals surface area contributed by atoms with E-state index in [0.29, 0.717) is 6.42 Å². The van der Waals surface area contributed by atoms with Gasteiger partial charge in [-0.15, -0.1) is 11.8 Å². The van der Waals surface area contributed by atoms with Crippen LogP contribution in [0.2, 0.25) is 0 Å². The van der Waals surface area contributed by atoms with Crippen molar-refractivity contribution in [2.24, 2.45) is 0 Å². The van der Waals surface area contributed by atoms with Gasteiger partial charge in [0.25, 0.3) is 0 Å². The summed E-state index contributed by atoms with van der Waals surface area (Å²) in [6.07, 6.45) is 2.63. The molecule has 1 fully saturated rings. The van der Waals surface area contributed by atoms with Gasteiger partial charge in [0.05, 0.1) is 14.2 Å². The number of rotatable bonds is 6. The van der Waals surface area contributed by atoms with Gasteiger partial charge in [0, 0.05) is 30.3 Å². The fraction of sp³-hybridized carbons (Fsp3) is 0.562. The number of nitrogens with zero attached hydrogens (tertiary/aromatic N) is 1. The summed E-state index contributed by atoms with van der Waals surface area (Å²) in [5, 5.41) is 0.0511. The third kappa shape index (κ3) is 3.64. The fourth-order valence-corrected chi connectivity index (χ4v) is 3.78. The van der Waals surface area contributed by atoms with Crippen molar-refractivity contribution in [3.63, 3.8) is 0 Å². The number of ether oxygens (including phenoxy) is 2. The van der Waals surface area contributed by atoms with E-state index in [1.165, 1.54) is 0 Å². The Kier molecular flexibility index (Phi) is 5.79.